The number of ether oxygens (including phenoxy) is 2. The SMILES string of the molecule is CCOc1cc(C[NH2+]C)cc(Cl)c1OC. The summed E-state index contributed by atoms with van der Waals surface area (Å²) < 4.78 is 10.7. The zero-order valence-corrected chi connectivity index (χ0v) is 10.1. The van der Waals surface area contributed by atoms with E-state index >= 15 is 0 Å². The first-order valence-corrected chi connectivity index (χ1v) is 5.37. The van der Waals surface area contributed by atoms with E-state index in [1.54, 1.807) is 7.11 Å². The van der Waals surface area contributed by atoms with Crippen LogP contribution in [0.2, 0.25) is 5.02 Å². The molecule has 0 saturated carbocycles. The van der Waals surface area contributed by atoms with E-state index in [4.69, 9.17) is 21.1 Å². The van der Waals surface area contributed by atoms with Gasteiger partial charge in [-0.1, -0.05) is 11.6 Å². The third-order valence-corrected chi connectivity index (χ3v) is 2.29. The fourth-order valence-corrected chi connectivity index (χ4v) is 1.75. The van der Waals surface area contributed by atoms with Crippen molar-refractivity contribution in [2.24, 2.45) is 0 Å². The van der Waals surface area contributed by atoms with Crippen molar-refractivity contribution in [1.29, 1.82) is 0 Å². The molecule has 0 saturated heterocycles. The number of rotatable bonds is 5. The summed E-state index contributed by atoms with van der Waals surface area (Å²) >= 11 is 6.09. The average molecular weight is 231 g/mol. The topological polar surface area (TPSA) is 35.1 Å². The van der Waals surface area contributed by atoms with Gasteiger partial charge in [0.05, 0.1) is 25.8 Å². The first kappa shape index (κ1) is 12.1. The molecule has 1 aromatic rings. The van der Waals surface area contributed by atoms with Crippen LogP contribution in [0, 0.1) is 0 Å². The Kier molecular flexibility index (Phi) is 4.72. The summed E-state index contributed by atoms with van der Waals surface area (Å²) in [6.45, 7) is 3.42. The molecule has 0 amide bonds. The summed E-state index contributed by atoms with van der Waals surface area (Å²) in [7, 11) is 3.61. The molecule has 0 unspecified atom stereocenters. The molecule has 0 aliphatic heterocycles. The molecule has 0 aromatic heterocycles. The zero-order valence-electron chi connectivity index (χ0n) is 9.34. The minimum atomic E-state index is 0.598. The van der Waals surface area contributed by atoms with Crippen molar-refractivity contribution in [1.82, 2.24) is 0 Å². The number of quaternary nitrogens is 1. The lowest BCUT2D eigenvalue weighted by Crippen LogP contribution is -2.77. The normalized spacial score (nSPS) is 10.1. The molecule has 3 nitrogen and oxygen atoms in total. The highest BCUT2D eigenvalue weighted by molar-refractivity contribution is 6.32. The number of benzene rings is 1. The van der Waals surface area contributed by atoms with Crippen molar-refractivity contribution >= 4 is 11.6 Å². The fourth-order valence-electron chi connectivity index (χ4n) is 1.44. The molecule has 0 aliphatic carbocycles. The maximum atomic E-state index is 6.09. The third-order valence-electron chi connectivity index (χ3n) is 2.01. The predicted octanol–water partition coefficient (Wildman–Crippen LogP) is 1.44. The van der Waals surface area contributed by atoms with Gasteiger partial charge in [0.15, 0.2) is 11.5 Å². The summed E-state index contributed by atoms with van der Waals surface area (Å²) in [5, 5.41) is 2.67. The van der Waals surface area contributed by atoms with Crippen molar-refractivity contribution in [3.05, 3.63) is 22.7 Å². The van der Waals surface area contributed by atoms with E-state index in [1.165, 1.54) is 0 Å². The van der Waals surface area contributed by atoms with Gasteiger partial charge in [0.1, 0.15) is 6.54 Å². The van der Waals surface area contributed by atoms with Crippen LogP contribution in [0.3, 0.4) is 0 Å². The van der Waals surface area contributed by atoms with Crippen molar-refractivity contribution < 1.29 is 14.8 Å². The zero-order chi connectivity index (χ0) is 11.3. The van der Waals surface area contributed by atoms with E-state index < -0.39 is 0 Å². The maximum absolute atomic E-state index is 6.09. The lowest BCUT2D eigenvalue weighted by molar-refractivity contribution is -0.643. The highest BCUT2D eigenvalue weighted by Crippen LogP contribution is 2.36. The summed E-state index contributed by atoms with van der Waals surface area (Å²) in [6, 6.07) is 3.87. The number of hydrogen-bond donors (Lipinski definition) is 1. The molecule has 84 valence electrons. The largest absolute Gasteiger partial charge is 0.491 e. The minimum Gasteiger partial charge on any atom is -0.491 e. The van der Waals surface area contributed by atoms with E-state index in [1.807, 2.05) is 26.1 Å². The van der Waals surface area contributed by atoms with Crippen LogP contribution in [-0.2, 0) is 6.54 Å². The second kappa shape index (κ2) is 5.83. The molecular formula is C11H17ClNO2+. The van der Waals surface area contributed by atoms with Crippen LogP contribution in [0.15, 0.2) is 12.1 Å². The van der Waals surface area contributed by atoms with Crippen LogP contribution in [-0.4, -0.2) is 20.8 Å². The van der Waals surface area contributed by atoms with Gasteiger partial charge in [0.25, 0.3) is 0 Å². The number of methoxy groups -OCH3 is 1. The highest BCUT2D eigenvalue weighted by Gasteiger charge is 2.11. The molecular weight excluding hydrogens is 214 g/mol. The lowest BCUT2D eigenvalue weighted by atomic mass is 10.2. The van der Waals surface area contributed by atoms with Gasteiger partial charge in [-0.3, -0.25) is 0 Å². The first-order chi connectivity index (χ1) is 7.22. The van der Waals surface area contributed by atoms with Gasteiger partial charge in [0, 0.05) is 5.56 Å². The Labute approximate surface area is 95.3 Å². The second-order valence-electron chi connectivity index (χ2n) is 3.15. The van der Waals surface area contributed by atoms with Gasteiger partial charge in [0.2, 0.25) is 0 Å². The quantitative estimate of drug-likeness (QED) is 0.831. The predicted molar refractivity (Wildman–Crippen MR) is 60.7 cm³/mol. The third kappa shape index (κ3) is 3.01. The first-order valence-electron chi connectivity index (χ1n) is 5.00. The summed E-state index contributed by atoms with van der Waals surface area (Å²) in [4.78, 5) is 0. The molecule has 1 rings (SSSR count). The van der Waals surface area contributed by atoms with E-state index in [2.05, 4.69) is 5.32 Å². The van der Waals surface area contributed by atoms with E-state index in [-0.39, 0.29) is 0 Å². The van der Waals surface area contributed by atoms with Crippen LogP contribution in [0.25, 0.3) is 0 Å². The molecule has 0 fully saturated rings. The van der Waals surface area contributed by atoms with E-state index in [9.17, 15) is 0 Å². The monoisotopic (exact) mass is 230 g/mol. The maximum Gasteiger partial charge on any atom is 0.179 e. The minimum absolute atomic E-state index is 0.598. The Balaban J connectivity index is 3.07. The lowest BCUT2D eigenvalue weighted by Gasteiger charge is -2.12. The van der Waals surface area contributed by atoms with Crippen molar-refractivity contribution in [3.8, 4) is 11.5 Å². The molecule has 0 aliphatic rings. The Hall–Kier alpha value is -0.930. The molecule has 2 N–H and O–H groups in total. The molecule has 4 heteroatoms. The van der Waals surface area contributed by atoms with Gasteiger partial charge in [-0.2, -0.15) is 0 Å². The second-order valence-corrected chi connectivity index (χ2v) is 3.56. The van der Waals surface area contributed by atoms with Crippen LogP contribution in [0.4, 0.5) is 0 Å². The van der Waals surface area contributed by atoms with Crippen LogP contribution >= 0.6 is 11.6 Å². The molecule has 1 aromatic carbocycles. The average Bonchev–Trinajstić information content (AvgIpc) is 2.18. The van der Waals surface area contributed by atoms with Crippen LogP contribution in [0.1, 0.15) is 12.5 Å². The van der Waals surface area contributed by atoms with Crippen molar-refractivity contribution in [2.75, 3.05) is 20.8 Å². The number of hydrogen-bond acceptors (Lipinski definition) is 2. The molecule has 0 heterocycles. The Morgan fingerprint density at radius 2 is 2.13 bits per heavy atom. The van der Waals surface area contributed by atoms with E-state index in [0.29, 0.717) is 23.1 Å². The summed E-state index contributed by atoms with van der Waals surface area (Å²) in [5.41, 5.74) is 1.13. The summed E-state index contributed by atoms with van der Waals surface area (Å²) in [6.07, 6.45) is 0. The van der Waals surface area contributed by atoms with Gasteiger partial charge in [-0.25, -0.2) is 0 Å². The number of halogens is 1. The summed E-state index contributed by atoms with van der Waals surface area (Å²) in [5.74, 6) is 1.32. The van der Waals surface area contributed by atoms with Gasteiger partial charge >= 0.3 is 0 Å². The highest BCUT2D eigenvalue weighted by atomic mass is 35.5. The Morgan fingerprint density at radius 3 is 2.67 bits per heavy atom. The Bertz CT molecular complexity index is 329. The number of nitrogens with two attached hydrogens (primary N) is 1. The van der Waals surface area contributed by atoms with Gasteiger partial charge in [-0.05, 0) is 19.1 Å². The smallest absolute Gasteiger partial charge is 0.179 e. The van der Waals surface area contributed by atoms with Gasteiger partial charge in [-0.15, -0.1) is 0 Å². The van der Waals surface area contributed by atoms with Crippen molar-refractivity contribution in [3.63, 3.8) is 0 Å². The molecule has 15 heavy (non-hydrogen) atoms. The molecule has 0 atom stereocenters. The fraction of sp³-hybridized carbons (Fsp3) is 0.455. The van der Waals surface area contributed by atoms with Crippen LogP contribution in [0.5, 0.6) is 11.5 Å². The molecule has 0 bridgehead atoms. The van der Waals surface area contributed by atoms with Crippen molar-refractivity contribution in [2.45, 2.75) is 13.5 Å². The Morgan fingerprint density at radius 1 is 1.40 bits per heavy atom. The standard InChI is InChI=1S/C11H16ClNO2/c1-4-15-10-6-8(7-13-2)5-9(12)11(10)14-3/h5-6,13H,4,7H2,1-3H3/p+1. The molecule has 0 spiro atoms. The molecule has 0 radical (unpaired) electrons. The van der Waals surface area contributed by atoms with Gasteiger partial charge < -0.3 is 14.8 Å². The van der Waals surface area contributed by atoms with E-state index in [0.717, 1.165) is 12.1 Å². The van der Waals surface area contributed by atoms with Crippen LogP contribution < -0.4 is 14.8 Å².